The molecule has 1 aromatic heterocycles. The molecule has 3 N–H and O–H groups in total. The SMILES string of the molecule is CC(C)(C)CCCn1c(=O)c(C(=O)NCC(=O)O)c(O)c2cc(F)ccc21. The van der Waals surface area contributed by atoms with Gasteiger partial charge < -0.3 is 20.1 Å². The van der Waals surface area contributed by atoms with Crippen molar-refractivity contribution in [3.05, 3.63) is 39.9 Å². The molecule has 0 radical (unpaired) electrons. The van der Waals surface area contributed by atoms with Crippen LogP contribution in [0.1, 0.15) is 44.0 Å². The van der Waals surface area contributed by atoms with Crippen molar-refractivity contribution in [2.45, 2.75) is 40.2 Å². The standard InChI is InChI=1S/C19H23FN2O5/c1-19(2,3)7-4-8-22-13-6-5-11(20)9-12(13)16(25)15(18(22)27)17(26)21-10-14(23)24/h5-6,9,25H,4,7-8,10H2,1-3H3,(H,21,26)(H,23,24). The minimum atomic E-state index is -1.29. The maximum absolute atomic E-state index is 13.7. The lowest BCUT2D eigenvalue weighted by Gasteiger charge is -2.19. The molecular formula is C19H23FN2O5. The Morgan fingerprint density at radius 3 is 2.52 bits per heavy atom. The van der Waals surface area contributed by atoms with E-state index >= 15 is 0 Å². The maximum atomic E-state index is 13.7. The van der Waals surface area contributed by atoms with Crippen molar-refractivity contribution >= 4 is 22.8 Å². The van der Waals surface area contributed by atoms with E-state index < -0.39 is 41.1 Å². The second-order valence-electron chi connectivity index (χ2n) is 7.58. The number of carboxylic acid groups (broad SMARTS) is 1. The number of hydrogen-bond acceptors (Lipinski definition) is 4. The van der Waals surface area contributed by atoms with Crippen LogP contribution in [0.15, 0.2) is 23.0 Å². The molecule has 1 amide bonds. The summed E-state index contributed by atoms with van der Waals surface area (Å²) >= 11 is 0. The number of nitrogens with one attached hydrogen (secondary N) is 1. The number of carbonyl (C=O) groups excluding carboxylic acids is 1. The Kier molecular flexibility index (Phi) is 5.88. The summed E-state index contributed by atoms with van der Waals surface area (Å²) < 4.78 is 15.0. The molecule has 0 aliphatic rings. The van der Waals surface area contributed by atoms with E-state index in [1.807, 2.05) is 0 Å². The van der Waals surface area contributed by atoms with Crippen LogP contribution in [0.2, 0.25) is 0 Å². The Balaban J connectivity index is 2.57. The number of carboxylic acids is 1. The summed E-state index contributed by atoms with van der Waals surface area (Å²) in [6.07, 6.45) is 1.44. The molecule has 2 rings (SSSR count). The summed E-state index contributed by atoms with van der Waals surface area (Å²) in [7, 11) is 0. The molecule has 7 nitrogen and oxygen atoms in total. The molecule has 2 aromatic rings. The number of rotatable bonds is 6. The largest absolute Gasteiger partial charge is 0.506 e. The minimum absolute atomic E-state index is 0.0193. The highest BCUT2D eigenvalue weighted by Crippen LogP contribution is 2.28. The highest BCUT2D eigenvalue weighted by atomic mass is 19.1. The Bertz CT molecular complexity index is 944. The first kappa shape index (κ1) is 20.4. The van der Waals surface area contributed by atoms with Crippen LogP contribution >= 0.6 is 0 Å². The number of nitrogens with zero attached hydrogens (tertiary/aromatic N) is 1. The van der Waals surface area contributed by atoms with E-state index in [9.17, 15) is 23.9 Å². The van der Waals surface area contributed by atoms with Crippen LogP contribution in [-0.4, -0.2) is 33.2 Å². The van der Waals surface area contributed by atoms with Crippen LogP contribution in [-0.2, 0) is 11.3 Å². The first-order valence-corrected chi connectivity index (χ1v) is 8.56. The Morgan fingerprint density at radius 1 is 1.26 bits per heavy atom. The number of pyridine rings is 1. The molecule has 0 saturated carbocycles. The molecular weight excluding hydrogens is 355 g/mol. The monoisotopic (exact) mass is 378 g/mol. The third-order valence-corrected chi connectivity index (χ3v) is 4.14. The van der Waals surface area contributed by atoms with Crippen molar-refractivity contribution in [2.75, 3.05) is 6.54 Å². The molecule has 0 aliphatic carbocycles. The van der Waals surface area contributed by atoms with Crippen molar-refractivity contribution in [1.82, 2.24) is 9.88 Å². The number of hydrogen-bond donors (Lipinski definition) is 3. The van der Waals surface area contributed by atoms with Crippen molar-refractivity contribution in [2.24, 2.45) is 5.41 Å². The zero-order valence-electron chi connectivity index (χ0n) is 15.5. The molecule has 0 bridgehead atoms. The molecule has 0 fully saturated rings. The molecule has 27 heavy (non-hydrogen) atoms. The smallest absolute Gasteiger partial charge is 0.322 e. The van der Waals surface area contributed by atoms with E-state index in [1.165, 1.54) is 16.7 Å². The quantitative estimate of drug-likeness (QED) is 0.716. The van der Waals surface area contributed by atoms with Gasteiger partial charge >= 0.3 is 5.97 Å². The Hall–Kier alpha value is -2.90. The molecule has 0 saturated heterocycles. The number of aryl methyl sites for hydroxylation is 1. The molecule has 0 aliphatic heterocycles. The van der Waals surface area contributed by atoms with E-state index in [2.05, 4.69) is 26.1 Å². The van der Waals surface area contributed by atoms with Gasteiger partial charge in [0.15, 0.2) is 0 Å². The van der Waals surface area contributed by atoms with E-state index in [0.29, 0.717) is 11.9 Å². The summed E-state index contributed by atoms with van der Waals surface area (Å²) in [5.74, 6) is -3.60. The van der Waals surface area contributed by atoms with E-state index in [-0.39, 0.29) is 17.3 Å². The van der Waals surface area contributed by atoms with Gasteiger partial charge in [0.05, 0.1) is 5.52 Å². The summed E-state index contributed by atoms with van der Waals surface area (Å²) in [4.78, 5) is 35.7. The number of benzene rings is 1. The minimum Gasteiger partial charge on any atom is -0.506 e. The molecule has 146 valence electrons. The third-order valence-electron chi connectivity index (χ3n) is 4.14. The van der Waals surface area contributed by atoms with Gasteiger partial charge in [-0.1, -0.05) is 20.8 Å². The lowest BCUT2D eigenvalue weighted by atomic mass is 9.90. The Morgan fingerprint density at radius 2 is 1.93 bits per heavy atom. The maximum Gasteiger partial charge on any atom is 0.322 e. The lowest BCUT2D eigenvalue weighted by molar-refractivity contribution is -0.135. The molecule has 8 heteroatoms. The fourth-order valence-electron chi connectivity index (χ4n) is 2.85. The van der Waals surface area contributed by atoms with Gasteiger partial charge in [0.1, 0.15) is 23.7 Å². The number of carbonyl (C=O) groups is 2. The summed E-state index contributed by atoms with van der Waals surface area (Å²) in [6.45, 7) is 5.75. The first-order valence-electron chi connectivity index (χ1n) is 8.56. The highest BCUT2D eigenvalue weighted by Gasteiger charge is 2.23. The van der Waals surface area contributed by atoms with Gasteiger partial charge in [0, 0.05) is 11.9 Å². The molecule has 0 spiro atoms. The fourth-order valence-corrected chi connectivity index (χ4v) is 2.85. The second-order valence-corrected chi connectivity index (χ2v) is 7.58. The van der Waals surface area contributed by atoms with Gasteiger partial charge in [-0.3, -0.25) is 14.4 Å². The van der Waals surface area contributed by atoms with Crippen molar-refractivity contribution in [3.8, 4) is 5.75 Å². The van der Waals surface area contributed by atoms with Crippen LogP contribution in [0.25, 0.3) is 10.9 Å². The van der Waals surface area contributed by atoms with Crippen molar-refractivity contribution in [3.63, 3.8) is 0 Å². The zero-order valence-corrected chi connectivity index (χ0v) is 15.5. The molecule has 0 unspecified atom stereocenters. The fraction of sp³-hybridized carbons (Fsp3) is 0.421. The van der Waals surface area contributed by atoms with E-state index in [4.69, 9.17) is 5.11 Å². The van der Waals surface area contributed by atoms with E-state index in [0.717, 1.165) is 12.5 Å². The van der Waals surface area contributed by atoms with Crippen molar-refractivity contribution in [1.29, 1.82) is 0 Å². The zero-order chi connectivity index (χ0) is 20.4. The average Bonchev–Trinajstić information content (AvgIpc) is 2.55. The lowest BCUT2D eigenvalue weighted by Crippen LogP contribution is -2.36. The number of amides is 1. The van der Waals surface area contributed by atoms with Crippen LogP contribution in [0.5, 0.6) is 5.75 Å². The predicted octanol–water partition coefficient (Wildman–Crippen LogP) is 2.49. The van der Waals surface area contributed by atoms with Gasteiger partial charge in [0.2, 0.25) is 0 Å². The Labute approximate surface area is 155 Å². The first-order chi connectivity index (χ1) is 12.5. The molecule has 1 heterocycles. The van der Waals surface area contributed by atoms with Crippen LogP contribution < -0.4 is 10.9 Å². The number of fused-ring (bicyclic) bond motifs is 1. The molecule has 1 aromatic carbocycles. The average molecular weight is 378 g/mol. The van der Waals surface area contributed by atoms with Gasteiger partial charge in [-0.15, -0.1) is 0 Å². The number of halogens is 1. The highest BCUT2D eigenvalue weighted by molar-refractivity contribution is 6.03. The van der Waals surface area contributed by atoms with Crippen LogP contribution in [0.3, 0.4) is 0 Å². The topological polar surface area (TPSA) is 109 Å². The van der Waals surface area contributed by atoms with Gasteiger partial charge in [-0.05, 0) is 36.5 Å². The van der Waals surface area contributed by atoms with Gasteiger partial charge in [-0.2, -0.15) is 0 Å². The number of aliphatic carboxylic acids is 1. The second kappa shape index (κ2) is 7.77. The molecule has 0 atom stereocenters. The number of aromatic nitrogens is 1. The normalized spacial score (nSPS) is 11.6. The van der Waals surface area contributed by atoms with Gasteiger partial charge in [0.25, 0.3) is 11.5 Å². The third kappa shape index (κ3) is 4.84. The predicted molar refractivity (Wildman–Crippen MR) is 98.5 cm³/mol. The number of aromatic hydroxyl groups is 1. The van der Waals surface area contributed by atoms with Crippen LogP contribution in [0, 0.1) is 11.2 Å². The summed E-state index contributed by atoms with van der Waals surface area (Å²) in [5.41, 5.74) is -0.986. The summed E-state index contributed by atoms with van der Waals surface area (Å²) in [5, 5.41) is 21.2. The van der Waals surface area contributed by atoms with Gasteiger partial charge in [-0.25, -0.2) is 4.39 Å². The summed E-state index contributed by atoms with van der Waals surface area (Å²) in [6, 6.07) is 3.59. The van der Waals surface area contributed by atoms with Crippen molar-refractivity contribution < 1.29 is 24.2 Å². The van der Waals surface area contributed by atoms with E-state index in [1.54, 1.807) is 0 Å². The van der Waals surface area contributed by atoms with Crippen LogP contribution in [0.4, 0.5) is 4.39 Å².